The van der Waals surface area contributed by atoms with E-state index < -0.39 is 0 Å². The van der Waals surface area contributed by atoms with E-state index in [1.807, 2.05) is 0 Å². The van der Waals surface area contributed by atoms with E-state index in [0.29, 0.717) is 19.8 Å². The van der Waals surface area contributed by atoms with Gasteiger partial charge < -0.3 is 14.4 Å². The van der Waals surface area contributed by atoms with Crippen molar-refractivity contribution in [1.82, 2.24) is 4.90 Å². The Hall–Kier alpha value is -1.10. The van der Waals surface area contributed by atoms with Crippen LogP contribution in [0.2, 0.25) is 0 Å². The zero-order valence-electron chi connectivity index (χ0n) is 10.6. The van der Waals surface area contributed by atoms with Crippen LogP contribution in [-0.4, -0.2) is 50.2 Å². The molecular formula is C12H21NO4. The standard InChI is InChI=1S/C12H21NO4/c1-3-17-11(14)6-7-13(2)12(15)10-5-4-8-16-9-10/h10H,3-9H2,1-2H3. The summed E-state index contributed by atoms with van der Waals surface area (Å²) in [4.78, 5) is 24.7. The van der Waals surface area contributed by atoms with Gasteiger partial charge in [0.2, 0.25) is 5.91 Å². The van der Waals surface area contributed by atoms with Crippen molar-refractivity contribution in [3.8, 4) is 0 Å². The quantitative estimate of drug-likeness (QED) is 0.671. The summed E-state index contributed by atoms with van der Waals surface area (Å²) < 4.78 is 10.1. The molecule has 5 nitrogen and oxygen atoms in total. The Labute approximate surface area is 102 Å². The monoisotopic (exact) mass is 243 g/mol. The first-order valence-corrected chi connectivity index (χ1v) is 6.13. The van der Waals surface area contributed by atoms with Crippen LogP contribution in [0.4, 0.5) is 0 Å². The van der Waals surface area contributed by atoms with Gasteiger partial charge in [-0.2, -0.15) is 0 Å². The van der Waals surface area contributed by atoms with Gasteiger partial charge in [0.25, 0.3) is 0 Å². The lowest BCUT2D eigenvalue weighted by Crippen LogP contribution is -2.38. The molecule has 5 heteroatoms. The average Bonchev–Trinajstić information content (AvgIpc) is 2.36. The number of nitrogens with zero attached hydrogens (tertiary/aromatic N) is 1. The minimum atomic E-state index is -0.257. The summed E-state index contributed by atoms with van der Waals surface area (Å²) in [7, 11) is 1.72. The molecule has 0 aromatic heterocycles. The van der Waals surface area contributed by atoms with Crippen LogP contribution in [0.5, 0.6) is 0 Å². The first kappa shape index (κ1) is 14.0. The molecule has 0 radical (unpaired) electrons. The highest BCUT2D eigenvalue weighted by Crippen LogP contribution is 2.15. The third-order valence-corrected chi connectivity index (χ3v) is 2.84. The van der Waals surface area contributed by atoms with Crippen molar-refractivity contribution in [2.24, 2.45) is 5.92 Å². The molecule has 1 aliphatic heterocycles. The maximum Gasteiger partial charge on any atom is 0.307 e. The third-order valence-electron chi connectivity index (χ3n) is 2.84. The maximum absolute atomic E-state index is 12.0. The minimum absolute atomic E-state index is 0.0454. The van der Waals surface area contributed by atoms with E-state index in [0.717, 1.165) is 19.4 Å². The first-order chi connectivity index (χ1) is 8.15. The van der Waals surface area contributed by atoms with Gasteiger partial charge in [-0.05, 0) is 19.8 Å². The van der Waals surface area contributed by atoms with Gasteiger partial charge in [0.1, 0.15) is 0 Å². The summed E-state index contributed by atoms with van der Waals surface area (Å²) in [6.07, 6.45) is 2.06. The van der Waals surface area contributed by atoms with Crippen LogP contribution in [0.1, 0.15) is 26.2 Å². The van der Waals surface area contributed by atoms with Gasteiger partial charge in [-0.3, -0.25) is 9.59 Å². The van der Waals surface area contributed by atoms with Gasteiger partial charge in [0.15, 0.2) is 0 Å². The second kappa shape index (κ2) is 7.27. The smallest absolute Gasteiger partial charge is 0.307 e. The second-order valence-electron chi connectivity index (χ2n) is 4.23. The van der Waals surface area contributed by atoms with Crippen molar-refractivity contribution in [2.75, 3.05) is 33.4 Å². The molecule has 0 aliphatic carbocycles. The predicted octanol–water partition coefficient (Wildman–Crippen LogP) is 0.825. The molecule has 0 N–H and O–H groups in total. The predicted molar refractivity (Wildman–Crippen MR) is 62.4 cm³/mol. The molecule has 0 aromatic carbocycles. The van der Waals surface area contributed by atoms with Gasteiger partial charge in [-0.1, -0.05) is 0 Å². The summed E-state index contributed by atoms with van der Waals surface area (Å²) in [6.45, 7) is 3.81. The zero-order chi connectivity index (χ0) is 12.7. The SMILES string of the molecule is CCOC(=O)CCN(C)C(=O)C1CCCOC1. The lowest BCUT2D eigenvalue weighted by molar-refractivity contribution is -0.144. The van der Waals surface area contributed by atoms with Crippen LogP contribution in [0.3, 0.4) is 0 Å². The molecule has 0 spiro atoms. The van der Waals surface area contributed by atoms with Crippen molar-refractivity contribution in [2.45, 2.75) is 26.2 Å². The Bertz CT molecular complexity index is 261. The number of carbonyl (C=O) groups is 2. The van der Waals surface area contributed by atoms with Gasteiger partial charge in [-0.15, -0.1) is 0 Å². The fraction of sp³-hybridized carbons (Fsp3) is 0.833. The third kappa shape index (κ3) is 4.73. The van der Waals surface area contributed by atoms with E-state index in [1.165, 1.54) is 0 Å². The molecule has 1 fully saturated rings. The molecule has 1 aliphatic rings. The number of rotatable bonds is 5. The van der Waals surface area contributed by atoms with E-state index in [1.54, 1.807) is 18.9 Å². The molecule has 0 bridgehead atoms. The van der Waals surface area contributed by atoms with Gasteiger partial charge in [0.05, 0.1) is 25.6 Å². The summed E-state index contributed by atoms with van der Waals surface area (Å²) in [5.41, 5.74) is 0. The van der Waals surface area contributed by atoms with Crippen LogP contribution in [0, 0.1) is 5.92 Å². The molecule has 0 aromatic rings. The Kier molecular flexibility index (Phi) is 5.97. The Morgan fingerprint density at radius 2 is 2.24 bits per heavy atom. The van der Waals surface area contributed by atoms with Gasteiger partial charge >= 0.3 is 5.97 Å². The van der Waals surface area contributed by atoms with E-state index in [2.05, 4.69) is 0 Å². The maximum atomic E-state index is 12.0. The molecule has 1 unspecified atom stereocenters. The average molecular weight is 243 g/mol. The number of esters is 1. The van der Waals surface area contributed by atoms with Crippen LogP contribution in [0.25, 0.3) is 0 Å². The summed E-state index contributed by atoms with van der Waals surface area (Å²) in [5.74, 6) is -0.239. The Morgan fingerprint density at radius 3 is 2.82 bits per heavy atom. The summed E-state index contributed by atoms with van der Waals surface area (Å²) in [6, 6.07) is 0. The fourth-order valence-corrected chi connectivity index (χ4v) is 1.85. The zero-order valence-corrected chi connectivity index (χ0v) is 10.6. The molecular weight excluding hydrogens is 222 g/mol. The molecule has 1 amide bonds. The topological polar surface area (TPSA) is 55.8 Å². The molecule has 1 atom stereocenters. The number of ether oxygens (including phenoxy) is 2. The van der Waals surface area contributed by atoms with Crippen molar-refractivity contribution >= 4 is 11.9 Å². The van der Waals surface area contributed by atoms with Gasteiger partial charge in [-0.25, -0.2) is 0 Å². The first-order valence-electron chi connectivity index (χ1n) is 6.13. The summed E-state index contributed by atoms with van der Waals surface area (Å²) in [5, 5.41) is 0. The highest BCUT2D eigenvalue weighted by Gasteiger charge is 2.24. The second-order valence-corrected chi connectivity index (χ2v) is 4.23. The fourth-order valence-electron chi connectivity index (χ4n) is 1.85. The number of hydrogen-bond acceptors (Lipinski definition) is 4. The van der Waals surface area contributed by atoms with Crippen LogP contribution >= 0.6 is 0 Å². The lowest BCUT2D eigenvalue weighted by atomic mass is 10.0. The van der Waals surface area contributed by atoms with Crippen LogP contribution in [0.15, 0.2) is 0 Å². The molecule has 1 heterocycles. The van der Waals surface area contributed by atoms with E-state index in [4.69, 9.17) is 9.47 Å². The highest BCUT2D eigenvalue weighted by atomic mass is 16.5. The lowest BCUT2D eigenvalue weighted by Gasteiger charge is -2.26. The molecule has 0 saturated carbocycles. The molecule has 17 heavy (non-hydrogen) atoms. The van der Waals surface area contributed by atoms with E-state index in [9.17, 15) is 9.59 Å². The number of amides is 1. The van der Waals surface area contributed by atoms with E-state index in [-0.39, 0.29) is 24.2 Å². The molecule has 98 valence electrons. The number of hydrogen-bond donors (Lipinski definition) is 0. The van der Waals surface area contributed by atoms with Crippen molar-refractivity contribution in [3.63, 3.8) is 0 Å². The molecule has 1 rings (SSSR count). The van der Waals surface area contributed by atoms with Crippen LogP contribution in [-0.2, 0) is 19.1 Å². The summed E-state index contributed by atoms with van der Waals surface area (Å²) >= 11 is 0. The Balaban J connectivity index is 2.28. The molecule has 1 saturated heterocycles. The normalized spacial score (nSPS) is 19.8. The number of carbonyl (C=O) groups excluding carboxylic acids is 2. The Morgan fingerprint density at radius 1 is 1.47 bits per heavy atom. The van der Waals surface area contributed by atoms with Gasteiger partial charge in [0, 0.05) is 20.2 Å². The van der Waals surface area contributed by atoms with Crippen molar-refractivity contribution in [1.29, 1.82) is 0 Å². The van der Waals surface area contributed by atoms with Crippen LogP contribution < -0.4 is 0 Å². The minimum Gasteiger partial charge on any atom is -0.466 e. The largest absolute Gasteiger partial charge is 0.466 e. The van der Waals surface area contributed by atoms with Crippen molar-refractivity contribution in [3.05, 3.63) is 0 Å². The highest BCUT2D eigenvalue weighted by molar-refractivity contribution is 5.79. The van der Waals surface area contributed by atoms with Crippen molar-refractivity contribution < 1.29 is 19.1 Å². The van der Waals surface area contributed by atoms with E-state index >= 15 is 0 Å².